The van der Waals surface area contributed by atoms with Crippen LogP contribution in [0.3, 0.4) is 0 Å². The van der Waals surface area contributed by atoms with Crippen LogP contribution in [0.4, 0.5) is 5.69 Å². The van der Waals surface area contributed by atoms with Gasteiger partial charge in [0.05, 0.1) is 5.56 Å². The standard InChI is InChI=1S/C18H17NO2/c1-2-14-21-18(20)16-8-10-17(11-9-16)19-13-12-15-6-4-3-5-7-15/h1,3-11,19H,12-14H2. The van der Waals surface area contributed by atoms with Gasteiger partial charge in [-0.05, 0) is 36.2 Å². The van der Waals surface area contributed by atoms with Gasteiger partial charge in [-0.1, -0.05) is 36.3 Å². The molecule has 0 saturated heterocycles. The second kappa shape index (κ2) is 7.76. The van der Waals surface area contributed by atoms with Crippen LogP contribution in [0.15, 0.2) is 54.6 Å². The van der Waals surface area contributed by atoms with Gasteiger partial charge in [-0.2, -0.15) is 0 Å². The molecule has 0 aliphatic rings. The predicted molar refractivity (Wildman–Crippen MR) is 84.2 cm³/mol. The summed E-state index contributed by atoms with van der Waals surface area (Å²) in [6, 6.07) is 17.5. The van der Waals surface area contributed by atoms with E-state index in [0.717, 1.165) is 18.7 Å². The van der Waals surface area contributed by atoms with Crippen molar-refractivity contribution >= 4 is 11.7 Å². The summed E-state index contributed by atoms with van der Waals surface area (Å²) in [5.74, 6) is 1.87. The predicted octanol–water partition coefficient (Wildman–Crippen LogP) is 3.13. The number of benzene rings is 2. The first-order valence-electron chi connectivity index (χ1n) is 6.78. The van der Waals surface area contributed by atoms with E-state index in [1.807, 2.05) is 30.3 Å². The van der Waals surface area contributed by atoms with Crippen LogP contribution in [0, 0.1) is 12.3 Å². The minimum atomic E-state index is -0.399. The third kappa shape index (κ3) is 4.70. The zero-order chi connectivity index (χ0) is 14.9. The van der Waals surface area contributed by atoms with Crippen molar-refractivity contribution in [2.45, 2.75) is 6.42 Å². The summed E-state index contributed by atoms with van der Waals surface area (Å²) in [5.41, 5.74) is 2.76. The molecular formula is C18H17NO2. The molecule has 0 saturated carbocycles. The molecule has 0 amide bonds. The van der Waals surface area contributed by atoms with Crippen molar-refractivity contribution in [3.8, 4) is 12.3 Å². The highest BCUT2D eigenvalue weighted by molar-refractivity contribution is 5.89. The summed E-state index contributed by atoms with van der Waals surface area (Å²) in [5, 5.41) is 3.32. The van der Waals surface area contributed by atoms with Crippen molar-refractivity contribution in [3.05, 3.63) is 65.7 Å². The molecule has 0 aromatic heterocycles. The molecule has 0 atom stereocenters. The summed E-state index contributed by atoms with van der Waals surface area (Å²) in [6.45, 7) is 0.834. The van der Waals surface area contributed by atoms with Crippen LogP contribution in [-0.4, -0.2) is 19.1 Å². The Morgan fingerprint density at radius 2 is 1.81 bits per heavy atom. The van der Waals surface area contributed by atoms with E-state index in [2.05, 4.69) is 23.4 Å². The van der Waals surface area contributed by atoms with Gasteiger partial charge in [-0.3, -0.25) is 0 Å². The molecule has 0 aliphatic carbocycles. The third-order valence-corrected chi connectivity index (χ3v) is 2.99. The van der Waals surface area contributed by atoms with Crippen molar-refractivity contribution in [3.63, 3.8) is 0 Å². The molecule has 0 radical (unpaired) electrons. The molecule has 3 heteroatoms. The largest absolute Gasteiger partial charge is 0.449 e. The summed E-state index contributed by atoms with van der Waals surface area (Å²) in [4.78, 5) is 11.6. The van der Waals surface area contributed by atoms with Gasteiger partial charge in [0.1, 0.15) is 0 Å². The van der Waals surface area contributed by atoms with E-state index in [-0.39, 0.29) is 6.61 Å². The van der Waals surface area contributed by atoms with Gasteiger partial charge in [-0.25, -0.2) is 4.79 Å². The fourth-order valence-corrected chi connectivity index (χ4v) is 1.91. The molecule has 0 bridgehead atoms. The van der Waals surface area contributed by atoms with Crippen molar-refractivity contribution in [2.75, 3.05) is 18.5 Å². The molecule has 0 spiro atoms. The van der Waals surface area contributed by atoms with Crippen molar-refractivity contribution < 1.29 is 9.53 Å². The van der Waals surface area contributed by atoms with Crippen LogP contribution in [0.5, 0.6) is 0 Å². The number of terminal acetylenes is 1. The number of esters is 1. The summed E-state index contributed by atoms with van der Waals surface area (Å²) >= 11 is 0. The molecule has 0 heterocycles. The van der Waals surface area contributed by atoms with E-state index in [4.69, 9.17) is 11.2 Å². The second-order valence-corrected chi connectivity index (χ2v) is 4.52. The summed E-state index contributed by atoms with van der Waals surface area (Å²) in [6.07, 6.45) is 6.00. The summed E-state index contributed by atoms with van der Waals surface area (Å²) < 4.78 is 4.86. The lowest BCUT2D eigenvalue weighted by Gasteiger charge is -2.07. The molecule has 0 aliphatic heterocycles. The van der Waals surface area contributed by atoms with Gasteiger partial charge < -0.3 is 10.1 Å². The fourth-order valence-electron chi connectivity index (χ4n) is 1.91. The lowest BCUT2D eigenvalue weighted by atomic mass is 10.1. The van der Waals surface area contributed by atoms with Crippen LogP contribution in [0.25, 0.3) is 0 Å². The minimum absolute atomic E-state index is 0.00406. The van der Waals surface area contributed by atoms with Crippen LogP contribution < -0.4 is 5.32 Å². The molecular weight excluding hydrogens is 262 g/mol. The monoisotopic (exact) mass is 279 g/mol. The molecule has 2 aromatic rings. The highest BCUT2D eigenvalue weighted by atomic mass is 16.5. The van der Waals surface area contributed by atoms with Crippen LogP contribution in [0.1, 0.15) is 15.9 Å². The number of anilines is 1. The average molecular weight is 279 g/mol. The molecule has 3 nitrogen and oxygen atoms in total. The van der Waals surface area contributed by atoms with Crippen molar-refractivity contribution in [2.24, 2.45) is 0 Å². The van der Waals surface area contributed by atoms with E-state index in [1.165, 1.54) is 5.56 Å². The second-order valence-electron chi connectivity index (χ2n) is 4.52. The van der Waals surface area contributed by atoms with Gasteiger partial charge >= 0.3 is 5.97 Å². The van der Waals surface area contributed by atoms with Crippen LogP contribution in [-0.2, 0) is 11.2 Å². The van der Waals surface area contributed by atoms with Crippen LogP contribution in [0.2, 0.25) is 0 Å². The van der Waals surface area contributed by atoms with E-state index >= 15 is 0 Å². The fraction of sp³-hybridized carbons (Fsp3) is 0.167. The van der Waals surface area contributed by atoms with E-state index in [0.29, 0.717) is 5.56 Å². The summed E-state index contributed by atoms with van der Waals surface area (Å²) in [7, 11) is 0. The Balaban J connectivity index is 1.82. The zero-order valence-corrected chi connectivity index (χ0v) is 11.7. The van der Waals surface area contributed by atoms with Gasteiger partial charge in [0, 0.05) is 12.2 Å². The highest BCUT2D eigenvalue weighted by Gasteiger charge is 2.05. The zero-order valence-electron chi connectivity index (χ0n) is 11.7. The SMILES string of the molecule is C#CCOC(=O)c1ccc(NCCc2ccccc2)cc1. The van der Waals surface area contributed by atoms with E-state index in [9.17, 15) is 4.79 Å². The lowest BCUT2D eigenvalue weighted by molar-refractivity contribution is 0.0557. The molecule has 0 fully saturated rings. The number of carbonyl (C=O) groups is 1. The first kappa shape index (κ1) is 14.7. The molecule has 21 heavy (non-hydrogen) atoms. The molecule has 2 aromatic carbocycles. The van der Waals surface area contributed by atoms with Gasteiger partial charge in [-0.15, -0.1) is 6.42 Å². The first-order chi connectivity index (χ1) is 10.3. The third-order valence-electron chi connectivity index (χ3n) is 2.99. The van der Waals surface area contributed by atoms with Crippen LogP contribution >= 0.6 is 0 Å². The van der Waals surface area contributed by atoms with E-state index in [1.54, 1.807) is 12.1 Å². The number of ether oxygens (including phenoxy) is 1. The average Bonchev–Trinajstić information content (AvgIpc) is 2.54. The molecule has 106 valence electrons. The minimum Gasteiger partial charge on any atom is -0.449 e. The van der Waals surface area contributed by atoms with E-state index < -0.39 is 5.97 Å². The molecule has 1 N–H and O–H groups in total. The van der Waals surface area contributed by atoms with Gasteiger partial charge in [0.2, 0.25) is 0 Å². The van der Waals surface area contributed by atoms with Crippen molar-refractivity contribution in [1.29, 1.82) is 0 Å². The Kier molecular flexibility index (Phi) is 5.42. The molecule has 2 rings (SSSR count). The van der Waals surface area contributed by atoms with Gasteiger partial charge in [0.15, 0.2) is 6.61 Å². The van der Waals surface area contributed by atoms with Crippen molar-refractivity contribution in [1.82, 2.24) is 0 Å². The maximum Gasteiger partial charge on any atom is 0.339 e. The molecule has 0 unspecified atom stereocenters. The number of nitrogens with one attached hydrogen (secondary N) is 1. The van der Waals surface area contributed by atoms with Gasteiger partial charge in [0.25, 0.3) is 0 Å². The maximum atomic E-state index is 11.6. The first-order valence-corrected chi connectivity index (χ1v) is 6.78. The Morgan fingerprint density at radius 1 is 1.10 bits per heavy atom. The highest BCUT2D eigenvalue weighted by Crippen LogP contribution is 2.11. The number of carbonyl (C=O) groups excluding carboxylic acids is 1. The Bertz CT molecular complexity index is 612. The number of hydrogen-bond acceptors (Lipinski definition) is 3. The Hall–Kier alpha value is -2.73. The topological polar surface area (TPSA) is 38.3 Å². The normalized spacial score (nSPS) is 9.67. The lowest BCUT2D eigenvalue weighted by Crippen LogP contribution is -2.07. The number of rotatable bonds is 6. The quantitative estimate of drug-likeness (QED) is 0.652. The smallest absolute Gasteiger partial charge is 0.339 e. The maximum absolute atomic E-state index is 11.6. The Labute approximate surface area is 125 Å². The number of hydrogen-bond donors (Lipinski definition) is 1. The Morgan fingerprint density at radius 3 is 2.48 bits per heavy atom.